The van der Waals surface area contributed by atoms with Crippen molar-refractivity contribution in [2.75, 3.05) is 19.8 Å². The summed E-state index contributed by atoms with van der Waals surface area (Å²) in [5, 5.41) is 0. The van der Waals surface area contributed by atoms with Crippen LogP contribution in [0.2, 0.25) is 0 Å². The van der Waals surface area contributed by atoms with E-state index in [0.717, 1.165) is 13.2 Å². The van der Waals surface area contributed by atoms with Gasteiger partial charge >= 0.3 is 0 Å². The predicted octanol–water partition coefficient (Wildman–Crippen LogP) is 6.29. The third-order valence-corrected chi connectivity index (χ3v) is 3.81. The molecule has 127 valence electrons. The lowest BCUT2D eigenvalue weighted by Crippen LogP contribution is -2.01. The first-order chi connectivity index (χ1) is 10.4. The second kappa shape index (κ2) is 19.9. The zero-order valence-electron chi connectivity index (χ0n) is 14.7. The molecule has 0 atom stereocenters. The van der Waals surface area contributed by atoms with Crippen molar-refractivity contribution in [2.24, 2.45) is 0 Å². The van der Waals surface area contributed by atoms with Gasteiger partial charge in [-0.15, -0.1) is 0 Å². The Labute approximate surface area is 134 Å². The zero-order valence-corrected chi connectivity index (χ0v) is 14.7. The van der Waals surface area contributed by atoms with E-state index < -0.39 is 0 Å². The maximum absolute atomic E-state index is 5.53. The van der Waals surface area contributed by atoms with E-state index in [0.29, 0.717) is 6.61 Å². The van der Waals surface area contributed by atoms with Gasteiger partial charge in [0.2, 0.25) is 0 Å². The predicted molar refractivity (Wildman–Crippen MR) is 92.4 cm³/mol. The van der Waals surface area contributed by atoms with Crippen LogP contribution in [-0.2, 0) is 9.47 Å². The normalized spacial score (nSPS) is 11.1. The van der Waals surface area contributed by atoms with Crippen LogP contribution in [0, 0.1) is 6.61 Å². The van der Waals surface area contributed by atoms with Gasteiger partial charge in [0.25, 0.3) is 0 Å². The highest BCUT2D eigenvalue weighted by atomic mass is 16.5. The molecule has 0 aliphatic carbocycles. The number of hydrogen-bond donors (Lipinski definition) is 0. The topological polar surface area (TPSA) is 18.5 Å². The van der Waals surface area contributed by atoms with Crippen molar-refractivity contribution in [3.63, 3.8) is 0 Å². The third-order valence-electron chi connectivity index (χ3n) is 3.81. The molecule has 0 aromatic heterocycles. The first-order valence-corrected chi connectivity index (χ1v) is 9.42. The standard InChI is InChI=1S/C19H39O2/c1-3-5-7-9-11-13-15-17-21-19-18-20-16-14-12-10-8-6-4-2/h19H,3-18H2,1-2H3. The molecule has 0 aliphatic rings. The van der Waals surface area contributed by atoms with Crippen LogP contribution < -0.4 is 0 Å². The summed E-state index contributed by atoms with van der Waals surface area (Å²) in [6.45, 7) is 8.72. The molecule has 2 heteroatoms. The van der Waals surface area contributed by atoms with E-state index in [2.05, 4.69) is 13.8 Å². The van der Waals surface area contributed by atoms with Crippen molar-refractivity contribution in [3.8, 4) is 0 Å². The van der Waals surface area contributed by atoms with Crippen LogP contribution in [0.1, 0.15) is 97.3 Å². The molecule has 0 spiro atoms. The summed E-state index contributed by atoms with van der Waals surface area (Å²) in [5.74, 6) is 0. The number of hydrogen-bond acceptors (Lipinski definition) is 2. The van der Waals surface area contributed by atoms with Gasteiger partial charge in [0, 0.05) is 13.2 Å². The Hall–Kier alpha value is -0.0800. The van der Waals surface area contributed by atoms with Crippen LogP contribution in [-0.4, -0.2) is 19.8 Å². The largest absolute Gasteiger partial charge is 0.379 e. The van der Waals surface area contributed by atoms with Crippen molar-refractivity contribution in [3.05, 3.63) is 6.61 Å². The molecule has 0 aromatic rings. The van der Waals surface area contributed by atoms with Crippen LogP contribution in [0.5, 0.6) is 0 Å². The summed E-state index contributed by atoms with van der Waals surface area (Å²) < 4.78 is 11.0. The lowest BCUT2D eigenvalue weighted by molar-refractivity contribution is 0.0865. The van der Waals surface area contributed by atoms with Crippen molar-refractivity contribution in [1.82, 2.24) is 0 Å². The lowest BCUT2D eigenvalue weighted by Gasteiger charge is -2.05. The molecular weight excluding hydrogens is 260 g/mol. The molecule has 0 N–H and O–H groups in total. The average molecular weight is 300 g/mol. The number of ether oxygens (including phenoxy) is 2. The smallest absolute Gasteiger partial charge is 0.109 e. The Morgan fingerprint density at radius 3 is 1.62 bits per heavy atom. The fraction of sp³-hybridized carbons (Fsp3) is 0.947. The quantitative estimate of drug-likeness (QED) is 0.277. The van der Waals surface area contributed by atoms with Gasteiger partial charge in [0.1, 0.15) is 6.61 Å². The van der Waals surface area contributed by atoms with Crippen molar-refractivity contribution in [1.29, 1.82) is 0 Å². The van der Waals surface area contributed by atoms with E-state index in [-0.39, 0.29) is 0 Å². The highest BCUT2D eigenvalue weighted by Crippen LogP contribution is 2.07. The Kier molecular flexibility index (Phi) is 19.8. The molecular formula is C19H39O2. The summed E-state index contributed by atoms with van der Waals surface area (Å²) >= 11 is 0. The highest BCUT2D eigenvalue weighted by Gasteiger charge is 1.94. The van der Waals surface area contributed by atoms with Crippen molar-refractivity contribution in [2.45, 2.75) is 97.3 Å². The van der Waals surface area contributed by atoms with Gasteiger partial charge in [-0.3, -0.25) is 0 Å². The van der Waals surface area contributed by atoms with Crippen LogP contribution in [0.4, 0.5) is 0 Å². The van der Waals surface area contributed by atoms with Crippen LogP contribution in [0.3, 0.4) is 0 Å². The summed E-state index contributed by atoms with van der Waals surface area (Å²) in [5.41, 5.74) is 0. The van der Waals surface area contributed by atoms with Gasteiger partial charge < -0.3 is 9.47 Å². The van der Waals surface area contributed by atoms with E-state index in [1.807, 2.05) is 6.61 Å². The molecule has 0 bridgehead atoms. The van der Waals surface area contributed by atoms with Gasteiger partial charge in [0.05, 0.1) is 6.61 Å². The van der Waals surface area contributed by atoms with E-state index in [1.54, 1.807) is 0 Å². The minimum Gasteiger partial charge on any atom is -0.379 e. The van der Waals surface area contributed by atoms with Crippen LogP contribution >= 0.6 is 0 Å². The zero-order chi connectivity index (χ0) is 15.4. The molecule has 0 heterocycles. The van der Waals surface area contributed by atoms with E-state index >= 15 is 0 Å². The van der Waals surface area contributed by atoms with Crippen molar-refractivity contribution < 1.29 is 9.47 Å². The first kappa shape index (κ1) is 20.9. The Morgan fingerprint density at radius 2 is 1.05 bits per heavy atom. The SMILES string of the molecule is CCCCCCCCCO[CH]COCCCCCCCC. The minimum absolute atomic E-state index is 0.644. The van der Waals surface area contributed by atoms with Crippen LogP contribution in [0.15, 0.2) is 0 Å². The second-order valence-corrected chi connectivity index (χ2v) is 6.00. The van der Waals surface area contributed by atoms with Gasteiger partial charge in [0.15, 0.2) is 0 Å². The Bertz CT molecular complexity index is 153. The van der Waals surface area contributed by atoms with Crippen molar-refractivity contribution >= 4 is 0 Å². The van der Waals surface area contributed by atoms with Crippen LogP contribution in [0.25, 0.3) is 0 Å². The van der Waals surface area contributed by atoms with Gasteiger partial charge in [-0.2, -0.15) is 0 Å². The molecule has 21 heavy (non-hydrogen) atoms. The molecule has 0 saturated carbocycles. The highest BCUT2D eigenvalue weighted by molar-refractivity contribution is 4.50. The monoisotopic (exact) mass is 299 g/mol. The molecule has 1 radical (unpaired) electrons. The molecule has 0 rings (SSSR count). The molecule has 2 nitrogen and oxygen atoms in total. The van der Waals surface area contributed by atoms with E-state index in [1.165, 1.54) is 83.5 Å². The number of unbranched alkanes of at least 4 members (excludes halogenated alkanes) is 11. The summed E-state index contributed by atoms with van der Waals surface area (Å²) in [6.07, 6.45) is 17.3. The molecule has 0 saturated heterocycles. The maximum Gasteiger partial charge on any atom is 0.109 e. The lowest BCUT2D eigenvalue weighted by atomic mass is 10.1. The molecule has 0 fully saturated rings. The molecule has 0 amide bonds. The third kappa shape index (κ3) is 19.9. The van der Waals surface area contributed by atoms with E-state index in [9.17, 15) is 0 Å². The van der Waals surface area contributed by atoms with Gasteiger partial charge in [-0.1, -0.05) is 84.5 Å². The molecule has 0 unspecified atom stereocenters. The summed E-state index contributed by atoms with van der Waals surface area (Å²) in [4.78, 5) is 0. The maximum atomic E-state index is 5.53. The fourth-order valence-electron chi connectivity index (χ4n) is 2.39. The summed E-state index contributed by atoms with van der Waals surface area (Å²) in [7, 11) is 0. The second-order valence-electron chi connectivity index (χ2n) is 6.00. The minimum atomic E-state index is 0.644. The first-order valence-electron chi connectivity index (χ1n) is 9.42. The molecule has 0 aliphatic heterocycles. The van der Waals surface area contributed by atoms with E-state index in [4.69, 9.17) is 9.47 Å². The fourth-order valence-corrected chi connectivity index (χ4v) is 2.39. The van der Waals surface area contributed by atoms with Gasteiger partial charge in [-0.05, 0) is 12.8 Å². The number of rotatable bonds is 18. The molecule has 0 aromatic carbocycles. The van der Waals surface area contributed by atoms with Gasteiger partial charge in [-0.25, -0.2) is 0 Å². The Morgan fingerprint density at radius 1 is 0.571 bits per heavy atom. The Balaban J connectivity index is 2.90. The summed E-state index contributed by atoms with van der Waals surface area (Å²) in [6, 6.07) is 0. The average Bonchev–Trinajstić information content (AvgIpc) is 2.50.